The molecule has 0 aromatic carbocycles. The molecule has 1 aliphatic rings. The number of carbonyl (C=O) groups is 1. The van der Waals surface area contributed by atoms with Gasteiger partial charge in [-0.3, -0.25) is 5.21 Å². The highest BCUT2D eigenvalue weighted by Crippen LogP contribution is 2.29. The Balaban J connectivity index is 2.80. The molecule has 17 heavy (non-hydrogen) atoms. The van der Waals surface area contributed by atoms with Gasteiger partial charge in [0.05, 0.1) is 11.5 Å². The topological polar surface area (TPSA) is 81.8 Å². The van der Waals surface area contributed by atoms with E-state index in [0.29, 0.717) is 6.42 Å². The molecular formula is C11H19NO5. The third kappa shape index (κ3) is 2.69. The lowest BCUT2D eigenvalue weighted by Crippen LogP contribution is -2.43. The Morgan fingerprint density at radius 3 is 2.82 bits per heavy atom. The lowest BCUT2D eigenvalue weighted by Gasteiger charge is -2.27. The summed E-state index contributed by atoms with van der Waals surface area (Å²) in [5.41, 5.74) is -1.41. The van der Waals surface area contributed by atoms with Crippen LogP contribution in [0.25, 0.3) is 0 Å². The first-order chi connectivity index (χ1) is 7.96. The van der Waals surface area contributed by atoms with Gasteiger partial charge in [0.2, 0.25) is 0 Å². The van der Waals surface area contributed by atoms with Gasteiger partial charge in [0, 0.05) is 0 Å². The van der Waals surface area contributed by atoms with Gasteiger partial charge in [-0.05, 0) is 20.3 Å². The van der Waals surface area contributed by atoms with Crippen molar-refractivity contribution in [3.8, 4) is 0 Å². The summed E-state index contributed by atoms with van der Waals surface area (Å²) in [4.78, 5) is 16.6. The second kappa shape index (κ2) is 5.35. The molecule has 6 nitrogen and oxygen atoms in total. The minimum absolute atomic E-state index is 0.0817. The lowest BCUT2D eigenvalue weighted by molar-refractivity contribution is -0.751. The van der Waals surface area contributed by atoms with Crippen molar-refractivity contribution < 1.29 is 24.4 Å². The summed E-state index contributed by atoms with van der Waals surface area (Å²) in [6.07, 6.45) is 0.980. The van der Waals surface area contributed by atoms with Crippen LogP contribution in [0.2, 0.25) is 0 Å². The Hall–Kier alpha value is -1.30. The van der Waals surface area contributed by atoms with Crippen molar-refractivity contribution in [1.82, 2.24) is 0 Å². The van der Waals surface area contributed by atoms with E-state index >= 15 is 0 Å². The number of aliphatic hydroxyl groups excluding tert-OH is 1. The predicted octanol–water partition coefficient (Wildman–Crippen LogP) is 0.756. The summed E-state index contributed by atoms with van der Waals surface area (Å²) in [5.74, 6) is -0.824. The van der Waals surface area contributed by atoms with Crippen LogP contribution in [-0.4, -0.2) is 40.0 Å². The first-order valence-electron chi connectivity index (χ1n) is 5.84. The zero-order valence-electron chi connectivity index (χ0n) is 10.4. The maximum Gasteiger partial charge on any atom is 0.408 e. The van der Waals surface area contributed by atoms with Crippen molar-refractivity contribution >= 4 is 11.7 Å². The van der Waals surface area contributed by atoms with Crippen molar-refractivity contribution in [3.05, 3.63) is 5.21 Å². The number of hydrogen-bond acceptors (Lipinski definition) is 5. The van der Waals surface area contributed by atoms with Gasteiger partial charge in [0.15, 0.2) is 6.10 Å². The Morgan fingerprint density at radius 2 is 2.29 bits per heavy atom. The van der Waals surface area contributed by atoms with Gasteiger partial charge >= 0.3 is 11.7 Å². The van der Waals surface area contributed by atoms with Crippen molar-refractivity contribution in [2.45, 2.75) is 51.7 Å². The average Bonchev–Trinajstić information content (AvgIpc) is 2.48. The van der Waals surface area contributed by atoms with Gasteiger partial charge in [0.25, 0.3) is 0 Å². The van der Waals surface area contributed by atoms with Gasteiger partial charge in [0.1, 0.15) is 5.60 Å². The van der Waals surface area contributed by atoms with Crippen LogP contribution in [0.4, 0.5) is 0 Å². The van der Waals surface area contributed by atoms with E-state index in [2.05, 4.69) is 0 Å². The second-order valence-corrected chi connectivity index (χ2v) is 4.27. The fraction of sp³-hybridized carbons (Fsp3) is 0.818. The molecule has 0 radical (unpaired) electrons. The van der Waals surface area contributed by atoms with Gasteiger partial charge in [-0.2, -0.15) is 0 Å². The summed E-state index contributed by atoms with van der Waals surface area (Å²) in [6.45, 7) is 5.39. The minimum Gasteiger partial charge on any atom is -0.458 e. The van der Waals surface area contributed by atoms with Crippen LogP contribution in [-0.2, 0) is 14.4 Å². The van der Waals surface area contributed by atoms with Gasteiger partial charge in [-0.1, -0.05) is 19.8 Å². The van der Waals surface area contributed by atoms with E-state index in [1.165, 1.54) is 0 Å². The molecule has 1 N–H and O–H groups in total. The van der Waals surface area contributed by atoms with Gasteiger partial charge < -0.3 is 14.7 Å². The van der Waals surface area contributed by atoms with Crippen molar-refractivity contribution in [3.63, 3.8) is 0 Å². The van der Waals surface area contributed by atoms with Crippen molar-refractivity contribution in [1.29, 1.82) is 0 Å². The van der Waals surface area contributed by atoms with Gasteiger partial charge in [-0.25, -0.2) is 4.79 Å². The highest BCUT2D eigenvalue weighted by Gasteiger charge is 2.51. The first-order valence-corrected chi connectivity index (χ1v) is 5.84. The minimum atomic E-state index is -1.24. The van der Waals surface area contributed by atoms with Crippen LogP contribution >= 0.6 is 0 Å². The summed E-state index contributed by atoms with van der Waals surface area (Å²) < 4.78 is 4.71. The number of rotatable bonds is 5. The molecule has 0 bridgehead atoms. The lowest BCUT2D eigenvalue weighted by atomic mass is 9.90. The van der Waals surface area contributed by atoms with Crippen LogP contribution < -0.4 is 0 Å². The number of ether oxygens (including phenoxy) is 1. The highest BCUT2D eigenvalue weighted by molar-refractivity contribution is 6.36. The molecule has 98 valence electrons. The van der Waals surface area contributed by atoms with Crippen molar-refractivity contribution in [2.75, 3.05) is 6.61 Å². The molecule has 2 unspecified atom stereocenters. The monoisotopic (exact) mass is 245 g/mol. The van der Waals surface area contributed by atoms with E-state index in [1.54, 1.807) is 13.8 Å². The summed E-state index contributed by atoms with van der Waals surface area (Å²) in [7, 11) is 0. The largest absolute Gasteiger partial charge is 0.458 e. The first kappa shape index (κ1) is 13.8. The molecular weight excluding hydrogens is 226 g/mol. The second-order valence-electron chi connectivity index (χ2n) is 4.27. The molecule has 0 saturated heterocycles. The van der Waals surface area contributed by atoms with E-state index in [-0.39, 0.29) is 17.2 Å². The molecule has 0 aliphatic carbocycles. The van der Waals surface area contributed by atoms with Crippen LogP contribution in [0.1, 0.15) is 40.0 Å². The molecule has 2 atom stereocenters. The highest BCUT2D eigenvalue weighted by atomic mass is 16.9. The third-order valence-corrected chi connectivity index (χ3v) is 2.84. The Labute approximate surface area is 100 Å². The number of carbonyl (C=O) groups excluding carboxylic acids is 1. The van der Waals surface area contributed by atoms with E-state index in [1.807, 2.05) is 6.92 Å². The zero-order valence-corrected chi connectivity index (χ0v) is 10.4. The average molecular weight is 245 g/mol. The Morgan fingerprint density at radius 1 is 1.65 bits per heavy atom. The normalized spacial score (nSPS) is 28.1. The van der Waals surface area contributed by atoms with Crippen molar-refractivity contribution in [2.24, 2.45) is 0 Å². The van der Waals surface area contributed by atoms with Crippen LogP contribution in [0.15, 0.2) is 0 Å². The molecule has 6 heteroatoms. The maximum absolute atomic E-state index is 11.5. The number of aliphatic hydroxyl groups is 1. The molecule has 0 aromatic heterocycles. The predicted molar refractivity (Wildman–Crippen MR) is 60.3 cm³/mol. The van der Waals surface area contributed by atoms with Crippen LogP contribution in [0.5, 0.6) is 0 Å². The summed E-state index contributed by atoms with van der Waals surface area (Å²) in [6, 6.07) is 0. The fourth-order valence-corrected chi connectivity index (χ4v) is 1.78. The molecule has 0 amide bonds. The Bertz CT molecular complexity index is 328. The van der Waals surface area contributed by atoms with E-state index < -0.39 is 17.7 Å². The molecule has 1 heterocycles. The fourth-order valence-electron chi connectivity index (χ4n) is 1.78. The molecule has 1 rings (SSSR count). The number of unbranched alkanes of at least 4 members (excludes halogenated alkanes) is 1. The van der Waals surface area contributed by atoms with Crippen LogP contribution in [0.3, 0.4) is 0 Å². The SMILES string of the molecule is CCCCC1(C)O[N+]([O-])=C(C(=O)OCC)C1O. The number of esters is 1. The van der Waals surface area contributed by atoms with E-state index in [4.69, 9.17) is 9.57 Å². The van der Waals surface area contributed by atoms with Crippen LogP contribution in [0, 0.1) is 5.21 Å². The smallest absolute Gasteiger partial charge is 0.408 e. The molecule has 0 saturated carbocycles. The number of nitrogens with zero attached hydrogens (tertiary/aromatic N) is 1. The third-order valence-electron chi connectivity index (χ3n) is 2.84. The van der Waals surface area contributed by atoms with E-state index in [0.717, 1.165) is 12.8 Å². The quantitative estimate of drug-likeness (QED) is 0.571. The molecule has 0 aromatic rings. The maximum atomic E-state index is 11.5. The number of hydrogen-bond donors (Lipinski definition) is 1. The van der Waals surface area contributed by atoms with Gasteiger partial charge in [-0.15, -0.1) is 0 Å². The molecule has 1 aliphatic heterocycles. The zero-order chi connectivity index (χ0) is 13.1. The summed E-state index contributed by atoms with van der Waals surface area (Å²) in [5, 5.41) is 21.5. The molecule has 0 fully saturated rings. The van der Waals surface area contributed by atoms with E-state index in [9.17, 15) is 15.1 Å². The summed E-state index contributed by atoms with van der Waals surface area (Å²) >= 11 is 0. The molecule has 0 spiro atoms. The standard InChI is InChI=1S/C11H19NO5/c1-4-6-7-11(3)9(13)8(12(15)17-11)10(14)16-5-2/h9,13H,4-7H2,1-3H3. The Kier molecular flexibility index (Phi) is 4.34.